The molecule has 0 spiro atoms. The molecule has 2 amide bonds. The van der Waals surface area contributed by atoms with Crippen molar-refractivity contribution < 1.29 is 24.0 Å². The molecular weight excluding hydrogens is 370 g/mol. The number of hydrogen-bond donors (Lipinski definition) is 1. The van der Waals surface area contributed by atoms with Crippen LogP contribution in [0.3, 0.4) is 0 Å². The van der Waals surface area contributed by atoms with Crippen LogP contribution < -0.4 is 9.64 Å². The third kappa shape index (κ3) is 5.05. The molecule has 0 aliphatic carbocycles. The number of rotatable bonds is 5. The Morgan fingerprint density at radius 2 is 1.59 bits per heavy atom. The maximum Gasteiger partial charge on any atom is 0.277 e. The van der Waals surface area contributed by atoms with Crippen molar-refractivity contribution in [1.29, 1.82) is 0 Å². The Labute approximate surface area is 170 Å². The monoisotopic (exact) mass is 398 g/mol. The van der Waals surface area contributed by atoms with Crippen molar-refractivity contribution >= 4 is 22.6 Å². The molecule has 7 heteroatoms. The summed E-state index contributed by atoms with van der Waals surface area (Å²) >= 11 is 0. The SMILES string of the molecule is O=C(COc1ccc2ccccc2c1)N1CC[NH+](CC(=O)N2CCOCC2)CC1. The van der Waals surface area contributed by atoms with Gasteiger partial charge < -0.3 is 24.2 Å². The number of piperazine rings is 1. The van der Waals surface area contributed by atoms with Gasteiger partial charge in [-0.15, -0.1) is 0 Å². The molecule has 0 bridgehead atoms. The molecule has 29 heavy (non-hydrogen) atoms. The number of morpholine rings is 1. The normalized spacial score (nSPS) is 18.1. The number of quaternary nitrogens is 1. The fourth-order valence-corrected chi connectivity index (χ4v) is 3.88. The number of carbonyl (C=O) groups is 2. The molecule has 7 nitrogen and oxygen atoms in total. The molecule has 2 heterocycles. The first-order valence-electron chi connectivity index (χ1n) is 10.3. The number of ether oxygens (including phenoxy) is 2. The second kappa shape index (κ2) is 9.24. The van der Waals surface area contributed by atoms with E-state index in [1.165, 1.54) is 4.90 Å². The maximum absolute atomic E-state index is 12.5. The zero-order chi connectivity index (χ0) is 20.1. The number of amides is 2. The topological polar surface area (TPSA) is 63.5 Å². The smallest absolute Gasteiger partial charge is 0.277 e. The quantitative estimate of drug-likeness (QED) is 0.758. The van der Waals surface area contributed by atoms with Crippen molar-refractivity contribution in [2.45, 2.75) is 0 Å². The zero-order valence-corrected chi connectivity index (χ0v) is 16.6. The zero-order valence-electron chi connectivity index (χ0n) is 16.6. The van der Waals surface area contributed by atoms with Crippen molar-refractivity contribution in [3.63, 3.8) is 0 Å². The highest BCUT2D eigenvalue weighted by atomic mass is 16.5. The van der Waals surface area contributed by atoms with E-state index in [4.69, 9.17) is 9.47 Å². The molecule has 2 aromatic rings. The molecule has 2 saturated heterocycles. The Balaban J connectivity index is 1.21. The highest BCUT2D eigenvalue weighted by Gasteiger charge is 2.27. The molecule has 0 radical (unpaired) electrons. The van der Waals surface area contributed by atoms with Crippen molar-refractivity contribution in [2.75, 3.05) is 65.6 Å². The second-order valence-corrected chi connectivity index (χ2v) is 7.60. The van der Waals surface area contributed by atoms with E-state index in [1.807, 2.05) is 46.2 Å². The predicted octanol–water partition coefficient (Wildman–Crippen LogP) is -0.195. The van der Waals surface area contributed by atoms with Crippen LogP contribution in [-0.4, -0.2) is 87.2 Å². The van der Waals surface area contributed by atoms with E-state index in [9.17, 15) is 9.59 Å². The van der Waals surface area contributed by atoms with Crippen LogP contribution in [0.2, 0.25) is 0 Å². The van der Waals surface area contributed by atoms with Crippen molar-refractivity contribution in [2.24, 2.45) is 0 Å². The standard InChI is InChI=1S/C22H27N3O4/c26-21(25-11-13-28-14-12-25)16-23-7-9-24(10-8-23)22(27)17-29-20-6-5-18-3-1-2-4-19(18)15-20/h1-6,15H,7-14,16-17H2/p+1. The Bertz CT molecular complexity index is 858. The highest BCUT2D eigenvalue weighted by molar-refractivity contribution is 5.84. The Morgan fingerprint density at radius 3 is 2.34 bits per heavy atom. The summed E-state index contributed by atoms with van der Waals surface area (Å²) in [6, 6.07) is 13.9. The van der Waals surface area contributed by atoms with Gasteiger partial charge in [-0.25, -0.2) is 0 Å². The average molecular weight is 398 g/mol. The highest BCUT2D eigenvalue weighted by Crippen LogP contribution is 2.20. The van der Waals surface area contributed by atoms with Crippen LogP contribution in [0.5, 0.6) is 5.75 Å². The van der Waals surface area contributed by atoms with Crippen LogP contribution in [-0.2, 0) is 14.3 Å². The van der Waals surface area contributed by atoms with Gasteiger partial charge in [-0.1, -0.05) is 30.3 Å². The summed E-state index contributed by atoms with van der Waals surface area (Å²) < 4.78 is 11.0. The summed E-state index contributed by atoms with van der Waals surface area (Å²) in [4.78, 5) is 29.9. The number of benzene rings is 2. The van der Waals surface area contributed by atoms with Gasteiger partial charge in [0.2, 0.25) is 0 Å². The summed E-state index contributed by atoms with van der Waals surface area (Å²) in [7, 11) is 0. The summed E-state index contributed by atoms with van der Waals surface area (Å²) in [5.74, 6) is 0.886. The maximum atomic E-state index is 12.5. The van der Waals surface area contributed by atoms with Gasteiger partial charge in [0, 0.05) is 13.1 Å². The number of carbonyl (C=O) groups excluding carboxylic acids is 2. The van der Waals surface area contributed by atoms with Crippen LogP contribution in [0.1, 0.15) is 0 Å². The lowest BCUT2D eigenvalue weighted by Gasteiger charge is -2.33. The summed E-state index contributed by atoms with van der Waals surface area (Å²) in [5.41, 5.74) is 0. The van der Waals surface area contributed by atoms with Crippen LogP contribution >= 0.6 is 0 Å². The van der Waals surface area contributed by atoms with Gasteiger partial charge in [0.15, 0.2) is 13.2 Å². The van der Waals surface area contributed by atoms with Crippen LogP contribution in [0.4, 0.5) is 0 Å². The second-order valence-electron chi connectivity index (χ2n) is 7.60. The lowest BCUT2D eigenvalue weighted by molar-refractivity contribution is -0.896. The fourth-order valence-electron chi connectivity index (χ4n) is 3.88. The largest absolute Gasteiger partial charge is 0.484 e. The fraction of sp³-hybridized carbons (Fsp3) is 0.455. The minimum Gasteiger partial charge on any atom is -0.484 e. The number of hydrogen-bond acceptors (Lipinski definition) is 4. The molecule has 4 rings (SSSR count). The van der Waals surface area contributed by atoms with Crippen molar-refractivity contribution in [3.8, 4) is 5.75 Å². The molecule has 2 aromatic carbocycles. The molecule has 0 atom stereocenters. The van der Waals surface area contributed by atoms with Gasteiger partial charge in [-0.05, 0) is 22.9 Å². The minimum atomic E-state index is -0.00304. The summed E-state index contributed by atoms with van der Waals surface area (Å²) in [6.07, 6.45) is 0. The molecule has 0 aromatic heterocycles. The number of nitrogens with zero attached hydrogens (tertiary/aromatic N) is 2. The third-order valence-electron chi connectivity index (χ3n) is 5.67. The van der Waals surface area contributed by atoms with Crippen LogP contribution in [0, 0.1) is 0 Å². The minimum absolute atomic E-state index is 0.00304. The van der Waals surface area contributed by atoms with E-state index in [0.29, 0.717) is 51.7 Å². The number of nitrogens with one attached hydrogen (secondary N) is 1. The van der Waals surface area contributed by atoms with Gasteiger partial charge in [0.1, 0.15) is 5.75 Å². The van der Waals surface area contributed by atoms with Crippen LogP contribution in [0.15, 0.2) is 42.5 Å². The first-order valence-corrected chi connectivity index (χ1v) is 10.3. The number of fused-ring (bicyclic) bond motifs is 1. The van der Waals surface area contributed by atoms with E-state index in [2.05, 4.69) is 6.07 Å². The molecule has 2 aliphatic rings. The van der Waals surface area contributed by atoms with E-state index in [-0.39, 0.29) is 18.4 Å². The molecule has 154 valence electrons. The Kier molecular flexibility index (Phi) is 6.27. The summed E-state index contributed by atoms with van der Waals surface area (Å²) in [5, 5.41) is 2.25. The molecule has 0 saturated carbocycles. The lowest BCUT2D eigenvalue weighted by atomic mass is 10.1. The van der Waals surface area contributed by atoms with Crippen LogP contribution in [0.25, 0.3) is 10.8 Å². The first-order chi connectivity index (χ1) is 14.2. The lowest BCUT2D eigenvalue weighted by Crippen LogP contribution is -3.15. The van der Waals surface area contributed by atoms with Gasteiger partial charge in [-0.2, -0.15) is 0 Å². The summed E-state index contributed by atoms with van der Waals surface area (Å²) in [6.45, 7) is 6.05. The molecule has 0 unspecified atom stereocenters. The van der Waals surface area contributed by atoms with Gasteiger partial charge in [-0.3, -0.25) is 9.59 Å². The van der Waals surface area contributed by atoms with E-state index in [0.717, 1.165) is 23.9 Å². The first kappa shape index (κ1) is 19.7. The van der Waals surface area contributed by atoms with Crippen molar-refractivity contribution in [3.05, 3.63) is 42.5 Å². The molecule has 2 fully saturated rings. The predicted molar refractivity (Wildman–Crippen MR) is 109 cm³/mol. The molecular formula is C22H28N3O4+. The third-order valence-corrected chi connectivity index (χ3v) is 5.67. The van der Waals surface area contributed by atoms with E-state index < -0.39 is 0 Å². The van der Waals surface area contributed by atoms with Gasteiger partial charge in [0.05, 0.1) is 39.4 Å². The van der Waals surface area contributed by atoms with Gasteiger partial charge in [0.25, 0.3) is 11.8 Å². The van der Waals surface area contributed by atoms with Gasteiger partial charge >= 0.3 is 0 Å². The Hall–Kier alpha value is -2.64. The van der Waals surface area contributed by atoms with E-state index in [1.54, 1.807) is 0 Å². The molecule has 1 N–H and O–H groups in total. The molecule has 2 aliphatic heterocycles. The Morgan fingerprint density at radius 1 is 0.897 bits per heavy atom. The average Bonchev–Trinajstić information content (AvgIpc) is 2.78. The van der Waals surface area contributed by atoms with E-state index >= 15 is 0 Å². The van der Waals surface area contributed by atoms with Crippen molar-refractivity contribution in [1.82, 2.24) is 9.80 Å².